The van der Waals surface area contributed by atoms with Gasteiger partial charge in [-0.2, -0.15) is 0 Å². The molecule has 18 nitrogen and oxygen atoms in total. The molecule has 0 saturated carbocycles. The van der Waals surface area contributed by atoms with E-state index >= 15 is 0 Å². The van der Waals surface area contributed by atoms with Crippen LogP contribution >= 0.6 is 0 Å². The predicted molar refractivity (Wildman–Crippen MR) is 176 cm³/mol. The maximum Gasteiger partial charge on any atom is 0.335 e. The Morgan fingerprint density at radius 2 is 1.14 bits per heavy atom. The quantitative estimate of drug-likeness (QED) is 0.0757. The number of imide groups is 2. The van der Waals surface area contributed by atoms with Crippen molar-refractivity contribution in [3.8, 4) is 0 Å². The summed E-state index contributed by atoms with van der Waals surface area (Å²) in [6, 6.07) is 6.51. The van der Waals surface area contributed by atoms with Gasteiger partial charge in [-0.25, -0.2) is 24.2 Å². The van der Waals surface area contributed by atoms with E-state index in [9.17, 15) is 59.2 Å². The molecule has 1 aliphatic rings. The number of carbonyl (C=O) groups is 6. The molecule has 274 valence electrons. The van der Waals surface area contributed by atoms with Gasteiger partial charge in [0, 0.05) is 43.8 Å². The van der Waals surface area contributed by atoms with Gasteiger partial charge < -0.3 is 15.3 Å². The molecule has 0 radical (unpaired) electrons. The van der Waals surface area contributed by atoms with E-state index in [1.165, 1.54) is 38.1 Å². The van der Waals surface area contributed by atoms with Crippen LogP contribution in [0, 0.1) is 25.6 Å². The van der Waals surface area contributed by atoms with E-state index < -0.39 is 75.9 Å². The molecule has 1 aliphatic heterocycles. The van der Waals surface area contributed by atoms with Crippen LogP contribution in [0.5, 0.6) is 0 Å². The summed E-state index contributed by atoms with van der Waals surface area (Å²) >= 11 is 0. The number of carboxylic acid groups (broad SMARTS) is 3. The molecule has 2 aromatic rings. The highest BCUT2D eigenvalue weighted by molar-refractivity contribution is 6.21. The van der Waals surface area contributed by atoms with Gasteiger partial charge in [0.2, 0.25) is 11.8 Å². The fourth-order valence-electron chi connectivity index (χ4n) is 6.08. The van der Waals surface area contributed by atoms with Crippen molar-refractivity contribution in [3.63, 3.8) is 0 Å². The van der Waals surface area contributed by atoms with E-state index in [0.717, 1.165) is 0 Å². The third-order valence-electron chi connectivity index (χ3n) is 9.01. The number of carboxylic acids is 3. The maximum absolute atomic E-state index is 13.8. The maximum atomic E-state index is 13.8. The predicted octanol–water partition coefficient (Wildman–Crippen LogP) is 4.04. The normalized spacial score (nSPS) is 15.5. The molecule has 0 bridgehead atoms. The Labute approximate surface area is 291 Å². The van der Waals surface area contributed by atoms with Crippen molar-refractivity contribution in [3.05, 3.63) is 79.9 Å². The Kier molecular flexibility index (Phi) is 13.4. The van der Waals surface area contributed by atoms with Crippen LogP contribution < -0.4 is 0 Å². The number of benzene rings is 2. The zero-order valence-corrected chi connectivity index (χ0v) is 28.0. The highest BCUT2D eigenvalue weighted by Crippen LogP contribution is 2.39. The largest absolute Gasteiger partial charge is 0.481 e. The number of nitro benzene ring substituents is 2. The summed E-state index contributed by atoms with van der Waals surface area (Å²) in [6.45, 7) is 3.84. The van der Waals surface area contributed by atoms with Gasteiger partial charge in [-0.15, -0.1) is 0 Å². The molecule has 2 atom stereocenters. The summed E-state index contributed by atoms with van der Waals surface area (Å²) in [6.07, 6.45) is -1.57. The third kappa shape index (κ3) is 9.27. The number of urea groups is 1. The molecule has 0 spiro atoms. The van der Waals surface area contributed by atoms with Crippen LogP contribution in [0.25, 0.3) is 0 Å². The summed E-state index contributed by atoms with van der Waals surface area (Å²) in [7, 11) is 0. The van der Waals surface area contributed by atoms with Gasteiger partial charge in [0.15, 0.2) is 0 Å². The Morgan fingerprint density at radius 1 is 0.725 bits per heavy atom. The fourth-order valence-corrected chi connectivity index (χ4v) is 6.08. The smallest absolute Gasteiger partial charge is 0.335 e. The molecule has 0 aromatic heterocycles. The Hall–Kier alpha value is -5.78. The number of hydrogen-bond acceptors (Lipinski definition) is 11. The van der Waals surface area contributed by atoms with Crippen molar-refractivity contribution < 1.29 is 53.9 Å². The highest BCUT2D eigenvalue weighted by atomic mass is 16.6. The third-order valence-corrected chi connectivity index (χ3v) is 9.01. The van der Waals surface area contributed by atoms with Gasteiger partial charge in [0.05, 0.1) is 9.85 Å². The van der Waals surface area contributed by atoms with Crippen LogP contribution in [0.3, 0.4) is 0 Å². The second kappa shape index (κ2) is 17.2. The van der Waals surface area contributed by atoms with E-state index in [1.807, 2.05) is 4.90 Å². The number of amides is 4. The number of non-ortho nitro benzene ring substituents is 2. The highest BCUT2D eigenvalue weighted by Gasteiger charge is 2.59. The number of nitro groups is 2. The number of aliphatic carboxylic acids is 3. The average Bonchev–Trinajstić information content (AvgIpc) is 3.07. The Morgan fingerprint density at radius 3 is 1.49 bits per heavy atom. The molecule has 1 saturated heterocycles. The standard InChI is InChI=1S/C33H39N5O13/c1-3-33(4-2)30(45)35(32(47)36(31(33)46)26(29(43)44)16-17-27(39)40)25(28(41)42)7-5-6-18-34(19-21-8-12-23(13-9-21)37(48)49)20-22-10-14-24(15-11-22)38(50)51/h8-15,25-26H,3-7,16-20H2,1-2H3,(H,39,40)(H,41,42)(H,43,44)/t25-,26?/m0/s1. The lowest BCUT2D eigenvalue weighted by Gasteiger charge is -2.46. The molecule has 3 N–H and O–H groups in total. The van der Waals surface area contributed by atoms with Crippen LogP contribution in [-0.4, -0.2) is 94.2 Å². The van der Waals surface area contributed by atoms with Crippen LogP contribution in [-0.2, 0) is 37.1 Å². The zero-order chi connectivity index (χ0) is 38.0. The molecule has 3 rings (SSSR count). The number of carbonyl (C=O) groups excluding carboxylic acids is 3. The van der Waals surface area contributed by atoms with E-state index in [0.29, 0.717) is 47.0 Å². The van der Waals surface area contributed by atoms with Gasteiger partial charge in [-0.05, 0) is 56.2 Å². The molecule has 1 fully saturated rings. The number of hydrogen-bond donors (Lipinski definition) is 3. The lowest BCUT2D eigenvalue weighted by atomic mass is 9.77. The number of barbiturate groups is 1. The van der Waals surface area contributed by atoms with Crippen LogP contribution in [0.15, 0.2) is 48.5 Å². The molecule has 4 amide bonds. The summed E-state index contributed by atoms with van der Waals surface area (Å²) < 4.78 is 0. The minimum Gasteiger partial charge on any atom is -0.481 e. The van der Waals surface area contributed by atoms with Crippen LogP contribution in [0.2, 0.25) is 0 Å². The van der Waals surface area contributed by atoms with Gasteiger partial charge in [-0.3, -0.25) is 39.5 Å². The number of nitrogens with zero attached hydrogens (tertiary/aromatic N) is 5. The van der Waals surface area contributed by atoms with E-state index in [4.69, 9.17) is 5.11 Å². The van der Waals surface area contributed by atoms with Crippen molar-refractivity contribution in [2.45, 2.75) is 84.0 Å². The lowest BCUT2D eigenvalue weighted by molar-refractivity contribution is -0.385. The van der Waals surface area contributed by atoms with Gasteiger partial charge in [0.1, 0.15) is 17.5 Å². The first-order valence-electron chi connectivity index (χ1n) is 16.2. The number of unbranched alkanes of at least 4 members (excludes halogenated alkanes) is 1. The van der Waals surface area contributed by atoms with Gasteiger partial charge in [0.25, 0.3) is 11.4 Å². The van der Waals surface area contributed by atoms with E-state index in [-0.39, 0.29) is 37.1 Å². The van der Waals surface area contributed by atoms with Crippen molar-refractivity contribution in [2.24, 2.45) is 5.41 Å². The van der Waals surface area contributed by atoms with Crippen LogP contribution in [0.1, 0.15) is 69.9 Å². The fraction of sp³-hybridized carbons (Fsp3) is 0.455. The van der Waals surface area contributed by atoms with E-state index in [2.05, 4.69) is 0 Å². The molecular weight excluding hydrogens is 674 g/mol. The van der Waals surface area contributed by atoms with Gasteiger partial charge >= 0.3 is 23.9 Å². The Bertz CT molecular complexity index is 1600. The summed E-state index contributed by atoms with van der Waals surface area (Å²) in [5, 5.41) is 51.4. The average molecular weight is 714 g/mol. The summed E-state index contributed by atoms with van der Waals surface area (Å²) in [4.78, 5) is 101. The lowest BCUT2D eigenvalue weighted by Crippen LogP contribution is -2.70. The minimum atomic E-state index is -1.96. The first-order chi connectivity index (χ1) is 24.1. The second-order valence-electron chi connectivity index (χ2n) is 12.1. The molecule has 0 aliphatic carbocycles. The number of rotatable bonds is 20. The van der Waals surface area contributed by atoms with Crippen molar-refractivity contribution in [1.82, 2.24) is 14.7 Å². The van der Waals surface area contributed by atoms with Crippen LogP contribution in [0.4, 0.5) is 16.2 Å². The van der Waals surface area contributed by atoms with Gasteiger partial charge in [-0.1, -0.05) is 38.1 Å². The molecule has 51 heavy (non-hydrogen) atoms. The first kappa shape index (κ1) is 39.7. The van der Waals surface area contributed by atoms with Crippen molar-refractivity contribution in [2.75, 3.05) is 6.54 Å². The summed E-state index contributed by atoms with van der Waals surface area (Å²) in [5.74, 6) is -6.86. The molecular formula is C33H39N5O13. The van der Waals surface area contributed by atoms with E-state index in [1.54, 1.807) is 24.3 Å². The summed E-state index contributed by atoms with van der Waals surface area (Å²) in [5.41, 5.74) is -0.730. The molecule has 2 aromatic carbocycles. The topological polar surface area (TPSA) is 259 Å². The SMILES string of the molecule is CCC1(CC)C(=O)N(C(CCC(=O)O)C(=O)O)C(=O)N([C@@H](CCCCN(Cc2ccc([N+](=O)[O-])cc2)Cc2ccc([N+](=O)[O-])cc2)C(=O)O)C1=O. The first-order valence-corrected chi connectivity index (χ1v) is 16.2. The molecule has 1 heterocycles. The minimum absolute atomic E-state index is 0.103. The van der Waals surface area contributed by atoms with Crippen molar-refractivity contribution in [1.29, 1.82) is 0 Å². The Balaban J connectivity index is 1.86. The molecule has 18 heteroatoms. The second-order valence-corrected chi connectivity index (χ2v) is 12.1. The molecule has 1 unspecified atom stereocenters. The monoisotopic (exact) mass is 713 g/mol. The zero-order valence-electron chi connectivity index (χ0n) is 28.0. The van der Waals surface area contributed by atoms with Crippen molar-refractivity contribution >= 4 is 47.1 Å².